The van der Waals surface area contributed by atoms with E-state index in [9.17, 15) is 4.79 Å². The van der Waals surface area contributed by atoms with Gasteiger partial charge in [-0.15, -0.1) is 0 Å². The molecule has 0 unspecified atom stereocenters. The van der Waals surface area contributed by atoms with E-state index < -0.39 is 0 Å². The average Bonchev–Trinajstić information content (AvgIpc) is 3.29. The smallest absolute Gasteiger partial charge is 0.259 e. The zero-order chi connectivity index (χ0) is 21.1. The van der Waals surface area contributed by atoms with Crippen molar-refractivity contribution in [2.24, 2.45) is 5.92 Å². The lowest BCUT2D eigenvalue weighted by atomic mass is 9.98. The third kappa shape index (κ3) is 3.87. The summed E-state index contributed by atoms with van der Waals surface area (Å²) in [5, 5.41) is 4.11. The Morgan fingerprint density at radius 3 is 2.53 bits per heavy atom. The molecule has 4 rings (SSSR count). The summed E-state index contributed by atoms with van der Waals surface area (Å²) in [6.45, 7) is 3.77. The first-order valence-corrected chi connectivity index (χ1v) is 10.1. The monoisotopic (exact) mass is 407 g/mol. The molecule has 156 valence electrons. The quantitative estimate of drug-likeness (QED) is 0.628. The molecule has 1 amide bonds. The van der Waals surface area contributed by atoms with Gasteiger partial charge in [0.15, 0.2) is 11.5 Å². The van der Waals surface area contributed by atoms with Crippen LogP contribution in [0.25, 0.3) is 22.8 Å². The maximum absolute atomic E-state index is 13.1. The molecule has 3 aromatic rings. The van der Waals surface area contributed by atoms with Crippen LogP contribution in [0.4, 0.5) is 0 Å². The van der Waals surface area contributed by atoms with Crippen molar-refractivity contribution < 1.29 is 18.8 Å². The molecule has 2 aromatic carbocycles. The minimum Gasteiger partial charge on any atom is -0.493 e. The summed E-state index contributed by atoms with van der Waals surface area (Å²) in [4.78, 5) is 19.6. The van der Waals surface area contributed by atoms with Gasteiger partial charge in [-0.05, 0) is 49.1 Å². The average molecular weight is 407 g/mol. The number of carbonyl (C=O) groups is 1. The van der Waals surface area contributed by atoms with Gasteiger partial charge in [-0.25, -0.2) is 0 Å². The van der Waals surface area contributed by atoms with Crippen LogP contribution in [-0.2, 0) is 0 Å². The van der Waals surface area contributed by atoms with E-state index >= 15 is 0 Å². The SMILES string of the molecule is COc1ccc(-c2noc(-c3ccccc3C(=O)N3CCC(C)CC3)n2)cc1OC. The van der Waals surface area contributed by atoms with Crippen molar-refractivity contribution in [1.82, 2.24) is 15.0 Å². The minimum atomic E-state index is 0.00312. The molecule has 2 heterocycles. The van der Waals surface area contributed by atoms with Crippen molar-refractivity contribution >= 4 is 5.91 Å². The van der Waals surface area contributed by atoms with Crippen LogP contribution in [0.5, 0.6) is 11.5 Å². The molecule has 0 atom stereocenters. The Kier molecular flexibility index (Phi) is 5.70. The van der Waals surface area contributed by atoms with E-state index in [0.717, 1.165) is 31.5 Å². The second-order valence-corrected chi connectivity index (χ2v) is 7.51. The van der Waals surface area contributed by atoms with Crippen LogP contribution < -0.4 is 9.47 Å². The molecule has 30 heavy (non-hydrogen) atoms. The molecular formula is C23H25N3O4. The molecule has 1 aliphatic rings. The first-order chi connectivity index (χ1) is 14.6. The summed E-state index contributed by atoms with van der Waals surface area (Å²) in [7, 11) is 3.16. The number of rotatable bonds is 5. The lowest BCUT2D eigenvalue weighted by Crippen LogP contribution is -2.38. The highest BCUT2D eigenvalue weighted by Gasteiger charge is 2.25. The number of carbonyl (C=O) groups excluding carboxylic acids is 1. The van der Waals surface area contributed by atoms with Gasteiger partial charge in [-0.1, -0.05) is 24.2 Å². The van der Waals surface area contributed by atoms with Crippen LogP contribution in [0, 0.1) is 5.92 Å². The number of piperidine rings is 1. The van der Waals surface area contributed by atoms with Crippen LogP contribution in [0.1, 0.15) is 30.1 Å². The van der Waals surface area contributed by atoms with Gasteiger partial charge in [0.25, 0.3) is 11.8 Å². The molecule has 1 fully saturated rings. The number of hydrogen-bond acceptors (Lipinski definition) is 6. The van der Waals surface area contributed by atoms with Crippen molar-refractivity contribution in [3.63, 3.8) is 0 Å². The van der Waals surface area contributed by atoms with Crippen LogP contribution in [0.2, 0.25) is 0 Å². The van der Waals surface area contributed by atoms with E-state index in [1.165, 1.54) is 0 Å². The zero-order valence-corrected chi connectivity index (χ0v) is 17.4. The fraction of sp³-hybridized carbons (Fsp3) is 0.348. The van der Waals surface area contributed by atoms with Gasteiger partial charge in [0.2, 0.25) is 5.82 Å². The second kappa shape index (κ2) is 8.57. The number of aromatic nitrogens is 2. The largest absolute Gasteiger partial charge is 0.493 e. The normalized spacial score (nSPS) is 14.6. The van der Waals surface area contributed by atoms with Gasteiger partial charge in [0, 0.05) is 18.7 Å². The van der Waals surface area contributed by atoms with Gasteiger partial charge >= 0.3 is 0 Å². The number of hydrogen-bond donors (Lipinski definition) is 0. The van der Waals surface area contributed by atoms with Crippen LogP contribution in [0.15, 0.2) is 47.0 Å². The molecule has 0 bridgehead atoms. The van der Waals surface area contributed by atoms with E-state index in [0.29, 0.717) is 40.3 Å². The predicted molar refractivity (Wildman–Crippen MR) is 113 cm³/mol. The lowest BCUT2D eigenvalue weighted by molar-refractivity contribution is 0.0697. The Balaban J connectivity index is 1.64. The number of likely N-dealkylation sites (tertiary alicyclic amines) is 1. The Morgan fingerprint density at radius 1 is 1.07 bits per heavy atom. The maximum atomic E-state index is 13.1. The summed E-state index contributed by atoms with van der Waals surface area (Å²) < 4.78 is 16.2. The Morgan fingerprint density at radius 2 is 1.80 bits per heavy atom. The van der Waals surface area contributed by atoms with Gasteiger partial charge in [0.05, 0.1) is 25.3 Å². The first kappa shape index (κ1) is 19.9. The standard InChI is InChI=1S/C23H25N3O4/c1-15-10-12-26(13-11-15)23(27)18-7-5-4-6-17(18)22-24-21(25-30-22)16-8-9-19(28-2)20(14-16)29-3/h4-9,14-15H,10-13H2,1-3H3. The predicted octanol–water partition coefficient (Wildman–Crippen LogP) is 4.29. The highest BCUT2D eigenvalue weighted by molar-refractivity contribution is 6.00. The van der Waals surface area contributed by atoms with Gasteiger partial charge < -0.3 is 18.9 Å². The van der Waals surface area contributed by atoms with Crippen molar-refractivity contribution in [2.75, 3.05) is 27.3 Å². The fourth-order valence-electron chi connectivity index (χ4n) is 3.66. The van der Waals surface area contributed by atoms with Crippen molar-refractivity contribution in [1.29, 1.82) is 0 Å². The summed E-state index contributed by atoms with van der Waals surface area (Å²) in [6.07, 6.45) is 2.05. The Bertz CT molecular complexity index is 1040. The molecule has 0 saturated carbocycles. The third-order valence-corrected chi connectivity index (χ3v) is 5.53. The Labute approximate surface area is 175 Å². The summed E-state index contributed by atoms with van der Waals surface area (Å²) >= 11 is 0. The van der Waals surface area contributed by atoms with E-state index in [-0.39, 0.29) is 5.91 Å². The molecule has 0 aliphatic carbocycles. The van der Waals surface area contributed by atoms with Crippen LogP contribution in [0.3, 0.4) is 0 Å². The number of methoxy groups -OCH3 is 2. The summed E-state index contributed by atoms with van der Waals surface area (Å²) in [5.74, 6) is 2.59. The molecule has 7 heteroatoms. The van der Waals surface area contributed by atoms with E-state index in [2.05, 4.69) is 17.1 Å². The van der Waals surface area contributed by atoms with Gasteiger partial charge in [-0.3, -0.25) is 4.79 Å². The number of ether oxygens (including phenoxy) is 2. The number of benzene rings is 2. The zero-order valence-electron chi connectivity index (χ0n) is 17.4. The summed E-state index contributed by atoms with van der Waals surface area (Å²) in [6, 6.07) is 12.8. The van der Waals surface area contributed by atoms with Crippen molar-refractivity contribution in [3.05, 3.63) is 48.0 Å². The van der Waals surface area contributed by atoms with Crippen molar-refractivity contribution in [3.8, 4) is 34.3 Å². The maximum Gasteiger partial charge on any atom is 0.259 e. The topological polar surface area (TPSA) is 77.7 Å². The fourth-order valence-corrected chi connectivity index (χ4v) is 3.66. The molecule has 0 radical (unpaired) electrons. The van der Waals surface area contributed by atoms with E-state index in [4.69, 9.17) is 14.0 Å². The molecule has 1 saturated heterocycles. The molecular weight excluding hydrogens is 382 g/mol. The van der Waals surface area contributed by atoms with Crippen molar-refractivity contribution in [2.45, 2.75) is 19.8 Å². The number of amides is 1. The van der Waals surface area contributed by atoms with Crippen LogP contribution in [-0.4, -0.2) is 48.3 Å². The molecule has 1 aliphatic heterocycles. The first-order valence-electron chi connectivity index (χ1n) is 10.1. The summed E-state index contributed by atoms with van der Waals surface area (Å²) in [5.41, 5.74) is 1.95. The minimum absolute atomic E-state index is 0.00312. The lowest BCUT2D eigenvalue weighted by Gasteiger charge is -2.30. The van der Waals surface area contributed by atoms with E-state index in [1.54, 1.807) is 26.4 Å². The van der Waals surface area contributed by atoms with Gasteiger partial charge in [0.1, 0.15) is 0 Å². The van der Waals surface area contributed by atoms with E-state index in [1.807, 2.05) is 35.2 Å². The number of nitrogens with zero attached hydrogens (tertiary/aromatic N) is 3. The van der Waals surface area contributed by atoms with Gasteiger partial charge in [-0.2, -0.15) is 4.98 Å². The molecule has 0 N–H and O–H groups in total. The highest BCUT2D eigenvalue weighted by atomic mass is 16.5. The second-order valence-electron chi connectivity index (χ2n) is 7.51. The van der Waals surface area contributed by atoms with Crippen LogP contribution >= 0.6 is 0 Å². The Hall–Kier alpha value is -3.35. The molecule has 0 spiro atoms. The highest BCUT2D eigenvalue weighted by Crippen LogP contribution is 2.32. The third-order valence-electron chi connectivity index (χ3n) is 5.53. The molecule has 1 aromatic heterocycles. The molecule has 7 nitrogen and oxygen atoms in total.